The van der Waals surface area contributed by atoms with E-state index in [1.807, 2.05) is 29.6 Å². The van der Waals surface area contributed by atoms with Crippen LogP contribution in [0.4, 0.5) is 11.4 Å². The lowest BCUT2D eigenvalue weighted by Crippen LogP contribution is -2.97. The molecule has 1 fully saturated rings. The average Bonchev–Trinajstić information content (AvgIpc) is 3.14. The van der Waals surface area contributed by atoms with Crippen molar-refractivity contribution in [1.82, 2.24) is 0 Å². The Labute approximate surface area is 151 Å². The summed E-state index contributed by atoms with van der Waals surface area (Å²) in [5.74, 6) is 0.0372. The molecule has 2 aliphatic heterocycles. The number of para-hydroxylation sites is 1. The minimum absolute atomic E-state index is 0.113. The molecule has 0 bridgehead atoms. The molecule has 2 aliphatic rings. The smallest absolute Gasteiger partial charge is 0.291 e. The molecule has 0 radical (unpaired) electrons. The Bertz CT molecular complexity index is 865. The molecule has 1 spiro atoms. The van der Waals surface area contributed by atoms with E-state index in [2.05, 4.69) is 17.6 Å². The van der Waals surface area contributed by atoms with Crippen molar-refractivity contribution in [2.45, 2.75) is 24.9 Å². The highest BCUT2D eigenvalue weighted by Gasteiger charge is 2.63. The van der Waals surface area contributed by atoms with Gasteiger partial charge in [-0.3, -0.25) is 9.59 Å². The highest BCUT2D eigenvalue weighted by molar-refractivity contribution is 6.09. The quantitative estimate of drug-likeness (QED) is 0.782. The lowest BCUT2D eigenvalue weighted by atomic mass is 9.79. The summed E-state index contributed by atoms with van der Waals surface area (Å²) in [4.78, 5) is 26.0. The number of nitrogens with two attached hydrogens (primary N) is 1. The molecular weight excluding hydrogens is 330 g/mol. The Kier molecular flexibility index (Phi) is 3.92. The molecule has 0 saturated carbocycles. The SMILES string of the molecule is COc1ccc(NC(=O)[C@H]2C[C@H](C)[NH2+][C@]23C(=O)Nc2ccccc23)cc1. The van der Waals surface area contributed by atoms with Crippen LogP contribution in [0.15, 0.2) is 48.5 Å². The zero-order valence-corrected chi connectivity index (χ0v) is 14.8. The summed E-state index contributed by atoms with van der Waals surface area (Å²) in [5, 5.41) is 7.95. The van der Waals surface area contributed by atoms with Gasteiger partial charge in [-0.2, -0.15) is 0 Å². The number of carbonyl (C=O) groups excluding carboxylic acids is 2. The average molecular weight is 352 g/mol. The molecule has 26 heavy (non-hydrogen) atoms. The Morgan fingerprint density at radius 3 is 2.69 bits per heavy atom. The zero-order valence-electron chi connectivity index (χ0n) is 14.8. The fourth-order valence-corrected chi connectivity index (χ4v) is 4.22. The number of benzene rings is 2. The fourth-order valence-electron chi connectivity index (χ4n) is 4.22. The second-order valence-electron chi connectivity index (χ2n) is 7.02. The minimum Gasteiger partial charge on any atom is -0.497 e. The summed E-state index contributed by atoms with van der Waals surface area (Å²) in [6.45, 7) is 2.05. The second kappa shape index (κ2) is 6.14. The molecule has 0 unspecified atom stereocenters. The normalized spacial score (nSPS) is 26.5. The first-order valence-corrected chi connectivity index (χ1v) is 8.76. The molecule has 6 nitrogen and oxygen atoms in total. The van der Waals surface area contributed by atoms with Crippen molar-refractivity contribution in [3.63, 3.8) is 0 Å². The molecule has 4 rings (SSSR count). The van der Waals surface area contributed by atoms with Crippen molar-refractivity contribution < 1.29 is 19.6 Å². The van der Waals surface area contributed by atoms with Gasteiger partial charge < -0.3 is 20.7 Å². The number of hydrogen-bond acceptors (Lipinski definition) is 3. The van der Waals surface area contributed by atoms with E-state index in [1.165, 1.54) is 0 Å². The number of hydrogen-bond donors (Lipinski definition) is 3. The number of methoxy groups -OCH3 is 1. The highest BCUT2D eigenvalue weighted by Crippen LogP contribution is 2.42. The van der Waals surface area contributed by atoms with Crippen LogP contribution < -0.4 is 20.7 Å². The van der Waals surface area contributed by atoms with Crippen LogP contribution in [0.2, 0.25) is 0 Å². The fraction of sp³-hybridized carbons (Fsp3) is 0.300. The van der Waals surface area contributed by atoms with Crippen LogP contribution >= 0.6 is 0 Å². The largest absolute Gasteiger partial charge is 0.497 e. The van der Waals surface area contributed by atoms with E-state index in [4.69, 9.17) is 4.74 Å². The standard InChI is InChI=1S/C20H21N3O3/c1-12-11-16(18(24)21-13-7-9-14(26-2)10-8-13)20(23-12)15-5-3-4-6-17(15)22-19(20)25/h3-10,12,16,23H,11H2,1-2H3,(H,21,24)(H,22,25)/p+1/t12-,16+,20-/m0/s1. The van der Waals surface area contributed by atoms with Crippen LogP contribution in [-0.2, 0) is 15.1 Å². The number of carbonyl (C=O) groups is 2. The molecule has 4 N–H and O–H groups in total. The van der Waals surface area contributed by atoms with Gasteiger partial charge in [0.15, 0.2) is 0 Å². The summed E-state index contributed by atoms with van der Waals surface area (Å²) in [6, 6.07) is 15.0. The van der Waals surface area contributed by atoms with Crippen molar-refractivity contribution in [2.24, 2.45) is 5.92 Å². The van der Waals surface area contributed by atoms with Gasteiger partial charge in [0.1, 0.15) is 11.7 Å². The number of amides is 2. The van der Waals surface area contributed by atoms with E-state index >= 15 is 0 Å². The predicted octanol–water partition coefficient (Wildman–Crippen LogP) is 1.45. The van der Waals surface area contributed by atoms with Gasteiger partial charge >= 0.3 is 0 Å². The first-order valence-electron chi connectivity index (χ1n) is 8.76. The van der Waals surface area contributed by atoms with Crippen LogP contribution in [0.3, 0.4) is 0 Å². The van der Waals surface area contributed by atoms with Gasteiger partial charge in [0, 0.05) is 17.7 Å². The van der Waals surface area contributed by atoms with E-state index in [1.54, 1.807) is 31.4 Å². The van der Waals surface area contributed by atoms with Crippen LogP contribution in [0.25, 0.3) is 0 Å². The van der Waals surface area contributed by atoms with Crippen molar-refractivity contribution in [2.75, 3.05) is 17.7 Å². The summed E-state index contributed by atoms with van der Waals surface area (Å²) in [6.07, 6.45) is 0.643. The first kappa shape index (κ1) is 16.6. The van der Waals surface area contributed by atoms with Crippen molar-refractivity contribution >= 4 is 23.2 Å². The van der Waals surface area contributed by atoms with E-state index in [0.29, 0.717) is 12.1 Å². The summed E-state index contributed by atoms with van der Waals surface area (Å²) in [7, 11) is 1.60. The lowest BCUT2D eigenvalue weighted by Gasteiger charge is -2.25. The maximum atomic E-state index is 13.1. The molecule has 2 amide bonds. The molecule has 2 aromatic carbocycles. The monoisotopic (exact) mass is 352 g/mol. The molecule has 3 atom stereocenters. The van der Waals surface area contributed by atoms with Crippen LogP contribution in [0, 0.1) is 5.92 Å². The minimum atomic E-state index is -0.896. The molecule has 0 aliphatic carbocycles. The molecular formula is C20H22N3O3+. The Morgan fingerprint density at radius 2 is 1.96 bits per heavy atom. The molecule has 6 heteroatoms. The van der Waals surface area contributed by atoms with Gasteiger partial charge in [0.05, 0.1) is 18.8 Å². The third kappa shape index (κ3) is 2.45. The van der Waals surface area contributed by atoms with Gasteiger partial charge in [0.25, 0.3) is 5.91 Å². The highest BCUT2D eigenvalue weighted by atomic mass is 16.5. The number of fused-ring (bicyclic) bond motifs is 2. The predicted molar refractivity (Wildman–Crippen MR) is 97.9 cm³/mol. The lowest BCUT2D eigenvalue weighted by molar-refractivity contribution is -0.729. The Morgan fingerprint density at radius 1 is 1.23 bits per heavy atom. The molecule has 2 aromatic rings. The van der Waals surface area contributed by atoms with E-state index < -0.39 is 11.5 Å². The van der Waals surface area contributed by atoms with Crippen molar-refractivity contribution in [1.29, 1.82) is 0 Å². The molecule has 0 aromatic heterocycles. The first-order chi connectivity index (χ1) is 12.5. The van der Waals surface area contributed by atoms with E-state index in [9.17, 15) is 9.59 Å². The number of anilines is 2. The zero-order chi connectivity index (χ0) is 18.3. The van der Waals surface area contributed by atoms with Gasteiger partial charge in [-0.15, -0.1) is 0 Å². The van der Waals surface area contributed by atoms with Crippen LogP contribution in [0.1, 0.15) is 18.9 Å². The van der Waals surface area contributed by atoms with E-state index in [-0.39, 0.29) is 17.9 Å². The molecule has 134 valence electrons. The number of rotatable bonds is 3. The maximum absolute atomic E-state index is 13.1. The summed E-state index contributed by atoms with van der Waals surface area (Å²) >= 11 is 0. The van der Waals surface area contributed by atoms with Crippen LogP contribution in [0.5, 0.6) is 5.75 Å². The van der Waals surface area contributed by atoms with Crippen LogP contribution in [-0.4, -0.2) is 25.0 Å². The van der Waals surface area contributed by atoms with Crippen molar-refractivity contribution in [3.8, 4) is 5.75 Å². The number of quaternary nitrogens is 1. The number of nitrogens with one attached hydrogen (secondary N) is 2. The van der Waals surface area contributed by atoms with Crippen molar-refractivity contribution in [3.05, 3.63) is 54.1 Å². The van der Waals surface area contributed by atoms with Gasteiger partial charge in [-0.05, 0) is 37.3 Å². The molecule has 1 saturated heterocycles. The third-order valence-electron chi connectivity index (χ3n) is 5.38. The third-order valence-corrected chi connectivity index (χ3v) is 5.38. The summed E-state index contributed by atoms with van der Waals surface area (Å²) < 4.78 is 5.15. The van der Waals surface area contributed by atoms with Gasteiger partial charge in [-0.1, -0.05) is 18.2 Å². The van der Waals surface area contributed by atoms with Gasteiger partial charge in [-0.25, -0.2) is 0 Å². The maximum Gasteiger partial charge on any atom is 0.291 e. The summed E-state index contributed by atoms with van der Waals surface area (Å²) in [5.41, 5.74) is 1.48. The second-order valence-corrected chi connectivity index (χ2v) is 7.02. The Hall–Kier alpha value is -2.86. The van der Waals surface area contributed by atoms with Gasteiger partial charge in [0.2, 0.25) is 11.4 Å². The topological polar surface area (TPSA) is 84.0 Å². The molecule has 2 heterocycles. The van der Waals surface area contributed by atoms with E-state index in [0.717, 1.165) is 17.0 Å². The Balaban J connectivity index is 1.66. The number of ether oxygens (including phenoxy) is 1.